The van der Waals surface area contributed by atoms with Gasteiger partial charge < -0.3 is 10.1 Å². The van der Waals surface area contributed by atoms with Crippen molar-refractivity contribution >= 4 is 5.91 Å². The summed E-state index contributed by atoms with van der Waals surface area (Å²) in [6.45, 7) is 6.68. The normalized spacial score (nSPS) is 21.2. The van der Waals surface area contributed by atoms with Crippen molar-refractivity contribution in [3.05, 3.63) is 29.8 Å². The van der Waals surface area contributed by atoms with Crippen LogP contribution in [0.4, 0.5) is 0 Å². The second-order valence-corrected chi connectivity index (χ2v) is 7.22. The summed E-state index contributed by atoms with van der Waals surface area (Å²) in [4.78, 5) is 17.5. The van der Waals surface area contributed by atoms with Gasteiger partial charge in [0.2, 0.25) is 5.91 Å². The fourth-order valence-electron chi connectivity index (χ4n) is 4.10. The molecular formula is C20H31N3O2. The Balaban J connectivity index is 1.46. The SMILES string of the molecule is COc1ccccc1CNC(=O)C(C)N1CCN(C2CCCC2)CC1. The molecule has 1 amide bonds. The minimum absolute atomic E-state index is 0.0829. The van der Waals surface area contributed by atoms with Gasteiger partial charge in [-0.3, -0.25) is 14.6 Å². The number of carbonyl (C=O) groups excluding carboxylic acids is 1. The Kier molecular flexibility index (Phi) is 6.32. The van der Waals surface area contributed by atoms with E-state index in [4.69, 9.17) is 4.74 Å². The largest absolute Gasteiger partial charge is 0.496 e. The highest BCUT2D eigenvalue weighted by Crippen LogP contribution is 2.24. The number of rotatable bonds is 6. The summed E-state index contributed by atoms with van der Waals surface area (Å²) in [6.07, 6.45) is 5.48. The first kappa shape index (κ1) is 18.2. The Morgan fingerprint density at radius 2 is 1.88 bits per heavy atom. The van der Waals surface area contributed by atoms with Crippen molar-refractivity contribution in [3.63, 3.8) is 0 Å². The number of ether oxygens (including phenoxy) is 1. The molecule has 0 bridgehead atoms. The molecule has 5 nitrogen and oxygen atoms in total. The number of hydrogen-bond acceptors (Lipinski definition) is 4. The van der Waals surface area contributed by atoms with Crippen LogP contribution >= 0.6 is 0 Å². The van der Waals surface area contributed by atoms with Crippen molar-refractivity contribution in [2.45, 2.75) is 51.2 Å². The fraction of sp³-hybridized carbons (Fsp3) is 0.650. The zero-order valence-corrected chi connectivity index (χ0v) is 15.5. The van der Waals surface area contributed by atoms with Crippen LogP contribution in [0.15, 0.2) is 24.3 Å². The van der Waals surface area contributed by atoms with E-state index in [0.717, 1.165) is 43.5 Å². The average molecular weight is 345 g/mol. The van der Waals surface area contributed by atoms with E-state index in [1.807, 2.05) is 31.2 Å². The molecule has 1 aromatic rings. The van der Waals surface area contributed by atoms with Gasteiger partial charge >= 0.3 is 0 Å². The van der Waals surface area contributed by atoms with E-state index in [0.29, 0.717) is 6.54 Å². The van der Waals surface area contributed by atoms with E-state index in [1.165, 1.54) is 25.7 Å². The summed E-state index contributed by atoms with van der Waals surface area (Å²) < 4.78 is 5.35. The molecule has 0 radical (unpaired) electrons. The second-order valence-electron chi connectivity index (χ2n) is 7.22. The highest BCUT2D eigenvalue weighted by Gasteiger charge is 2.29. The van der Waals surface area contributed by atoms with Crippen LogP contribution in [0.1, 0.15) is 38.2 Å². The van der Waals surface area contributed by atoms with E-state index >= 15 is 0 Å². The van der Waals surface area contributed by atoms with Crippen LogP contribution in [0.2, 0.25) is 0 Å². The number of amides is 1. The lowest BCUT2D eigenvalue weighted by Crippen LogP contribution is -2.55. The number of nitrogens with zero attached hydrogens (tertiary/aromatic N) is 2. The maximum Gasteiger partial charge on any atom is 0.237 e. The van der Waals surface area contributed by atoms with Gasteiger partial charge in [-0.2, -0.15) is 0 Å². The molecule has 0 spiro atoms. The Morgan fingerprint density at radius 3 is 2.56 bits per heavy atom. The Labute approximate surface area is 151 Å². The van der Waals surface area contributed by atoms with Crippen LogP contribution in [0, 0.1) is 0 Å². The molecule has 1 saturated carbocycles. The van der Waals surface area contributed by atoms with Gasteiger partial charge in [0, 0.05) is 44.3 Å². The van der Waals surface area contributed by atoms with Crippen LogP contribution in [0.3, 0.4) is 0 Å². The van der Waals surface area contributed by atoms with Crippen LogP contribution < -0.4 is 10.1 Å². The van der Waals surface area contributed by atoms with Gasteiger partial charge in [0.25, 0.3) is 0 Å². The van der Waals surface area contributed by atoms with Crippen molar-refractivity contribution in [1.29, 1.82) is 0 Å². The molecule has 1 N–H and O–H groups in total. The smallest absolute Gasteiger partial charge is 0.237 e. The molecule has 1 aliphatic carbocycles. The van der Waals surface area contributed by atoms with Crippen LogP contribution in [-0.2, 0) is 11.3 Å². The van der Waals surface area contributed by atoms with E-state index < -0.39 is 0 Å². The number of carbonyl (C=O) groups is 1. The molecular weight excluding hydrogens is 314 g/mol. The number of methoxy groups -OCH3 is 1. The average Bonchev–Trinajstić information content (AvgIpc) is 3.20. The molecule has 3 rings (SSSR count). The summed E-state index contributed by atoms with van der Waals surface area (Å²) in [6, 6.07) is 8.53. The summed E-state index contributed by atoms with van der Waals surface area (Å²) >= 11 is 0. The number of benzene rings is 1. The molecule has 1 unspecified atom stereocenters. The molecule has 1 aliphatic heterocycles. The van der Waals surface area contributed by atoms with Crippen molar-refractivity contribution in [2.24, 2.45) is 0 Å². The third-order valence-corrected chi connectivity index (χ3v) is 5.76. The topological polar surface area (TPSA) is 44.8 Å². The lowest BCUT2D eigenvalue weighted by molar-refractivity contribution is -0.126. The minimum atomic E-state index is -0.0829. The summed E-state index contributed by atoms with van der Waals surface area (Å²) in [5, 5.41) is 3.06. The summed E-state index contributed by atoms with van der Waals surface area (Å²) in [7, 11) is 1.66. The van der Waals surface area contributed by atoms with Gasteiger partial charge in [-0.25, -0.2) is 0 Å². The molecule has 138 valence electrons. The lowest BCUT2D eigenvalue weighted by atomic mass is 10.1. The van der Waals surface area contributed by atoms with Gasteiger partial charge in [0.15, 0.2) is 0 Å². The number of para-hydroxylation sites is 1. The van der Waals surface area contributed by atoms with E-state index in [-0.39, 0.29) is 11.9 Å². The van der Waals surface area contributed by atoms with Crippen LogP contribution in [-0.4, -0.2) is 61.1 Å². The predicted molar refractivity (Wildman–Crippen MR) is 99.7 cm³/mol. The highest BCUT2D eigenvalue weighted by molar-refractivity contribution is 5.81. The molecule has 2 fully saturated rings. The minimum Gasteiger partial charge on any atom is -0.496 e. The maximum absolute atomic E-state index is 12.5. The van der Waals surface area contributed by atoms with Crippen molar-refractivity contribution in [1.82, 2.24) is 15.1 Å². The maximum atomic E-state index is 12.5. The van der Waals surface area contributed by atoms with Gasteiger partial charge in [-0.05, 0) is 25.8 Å². The highest BCUT2D eigenvalue weighted by atomic mass is 16.5. The molecule has 1 heterocycles. The number of piperazine rings is 1. The van der Waals surface area contributed by atoms with Crippen LogP contribution in [0.25, 0.3) is 0 Å². The Bertz CT molecular complexity index is 564. The monoisotopic (exact) mass is 345 g/mol. The summed E-state index contributed by atoms with van der Waals surface area (Å²) in [5.41, 5.74) is 1.01. The molecule has 1 atom stereocenters. The van der Waals surface area contributed by atoms with Gasteiger partial charge in [0.05, 0.1) is 13.2 Å². The third kappa shape index (κ3) is 4.53. The van der Waals surface area contributed by atoms with E-state index in [2.05, 4.69) is 15.1 Å². The second kappa shape index (κ2) is 8.68. The first-order valence-corrected chi connectivity index (χ1v) is 9.56. The number of nitrogens with one attached hydrogen (secondary N) is 1. The quantitative estimate of drug-likeness (QED) is 0.859. The Hall–Kier alpha value is -1.59. The first-order chi connectivity index (χ1) is 12.2. The van der Waals surface area contributed by atoms with E-state index in [1.54, 1.807) is 7.11 Å². The predicted octanol–water partition coefficient (Wildman–Crippen LogP) is 2.26. The molecule has 2 aliphatic rings. The van der Waals surface area contributed by atoms with E-state index in [9.17, 15) is 4.79 Å². The fourth-order valence-corrected chi connectivity index (χ4v) is 4.10. The zero-order chi connectivity index (χ0) is 17.6. The zero-order valence-electron chi connectivity index (χ0n) is 15.5. The Morgan fingerprint density at radius 1 is 1.20 bits per heavy atom. The van der Waals surface area contributed by atoms with Gasteiger partial charge in [0.1, 0.15) is 5.75 Å². The molecule has 25 heavy (non-hydrogen) atoms. The first-order valence-electron chi connectivity index (χ1n) is 9.56. The molecule has 5 heteroatoms. The summed E-state index contributed by atoms with van der Waals surface area (Å²) in [5.74, 6) is 0.917. The standard InChI is InChI=1S/C20H31N3O2/c1-16(20(24)21-15-17-7-3-6-10-19(17)25-2)22-11-13-23(14-12-22)18-8-4-5-9-18/h3,6-7,10,16,18H,4-5,8-9,11-15H2,1-2H3,(H,21,24). The van der Waals surface area contributed by atoms with Gasteiger partial charge in [-0.15, -0.1) is 0 Å². The van der Waals surface area contributed by atoms with Gasteiger partial charge in [-0.1, -0.05) is 31.0 Å². The van der Waals surface area contributed by atoms with Crippen LogP contribution in [0.5, 0.6) is 5.75 Å². The molecule has 1 saturated heterocycles. The molecule has 0 aromatic heterocycles. The van der Waals surface area contributed by atoms with Crippen molar-refractivity contribution < 1.29 is 9.53 Å². The lowest BCUT2D eigenvalue weighted by Gasteiger charge is -2.40. The molecule has 1 aromatic carbocycles. The van der Waals surface area contributed by atoms with Crippen molar-refractivity contribution in [2.75, 3.05) is 33.3 Å². The number of hydrogen-bond donors (Lipinski definition) is 1. The van der Waals surface area contributed by atoms with Crippen molar-refractivity contribution in [3.8, 4) is 5.75 Å². The third-order valence-electron chi connectivity index (χ3n) is 5.76.